The number of hydrogen-bond donors (Lipinski definition) is 1. The van der Waals surface area contributed by atoms with Crippen LogP contribution in [0.25, 0.3) is 0 Å². The largest absolute Gasteiger partial charge is 0.379 e. The Labute approximate surface area is 130 Å². The Morgan fingerprint density at radius 2 is 2.33 bits per heavy atom. The summed E-state index contributed by atoms with van der Waals surface area (Å²) in [5.74, 6) is 0.255. The van der Waals surface area contributed by atoms with Crippen LogP contribution in [0.15, 0.2) is 16.8 Å². The van der Waals surface area contributed by atoms with Gasteiger partial charge < -0.3 is 15.0 Å². The minimum Gasteiger partial charge on any atom is -0.379 e. The zero-order valence-electron chi connectivity index (χ0n) is 12.6. The summed E-state index contributed by atoms with van der Waals surface area (Å²) in [6.07, 6.45) is 3.38. The lowest BCUT2D eigenvalue weighted by Gasteiger charge is -2.27. The van der Waals surface area contributed by atoms with Gasteiger partial charge in [-0.2, -0.15) is 11.3 Å². The Balaban J connectivity index is 1.65. The molecule has 2 fully saturated rings. The zero-order valence-corrected chi connectivity index (χ0v) is 13.4. The second-order valence-corrected chi connectivity index (χ2v) is 6.81. The van der Waals surface area contributed by atoms with Crippen molar-refractivity contribution in [1.82, 2.24) is 10.2 Å². The molecule has 2 aliphatic rings. The molecule has 0 radical (unpaired) electrons. The van der Waals surface area contributed by atoms with Crippen LogP contribution in [0.2, 0.25) is 0 Å². The van der Waals surface area contributed by atoms with E-state index in [9.17, 15) is 4.79 Å². The number of amides is 1. The second-order valence-electron chi connectivity index (χ2n) is 6.03. The van der Waals surface area contributed by atoms with Crippen LogP contribution in [0, 0.1) is 5.92 Å². The molecule has 2 heterocycles. The molecule has 0 spiro atoms. The lowest BCUT2D eigenvalue weighted by molar-refractivity contribution is -0.137. The fourth-order valence-electron chi connectivity index (χ4n) is 2.89. The van der Waals surface area contributed by atoms with Crippen LogP contribution in [0.1, 0.15) is 31.7 Å². The quantitative estimate of drug-likeness (QED) is 0.840. The Bertz CT molecular complexity index is 459. The predicted octanol–water partition coefficient (Wildman–Crippen LogP) is 2.25. The molecular formula is C16H24N2O2S. The van der Waals surface area contributed by atoms with E-state index in [1.165, 1.54) is 5.56 Å². The van der Waals surface area contributed by atoms with Crippen LogP contribution in [0.5, 0.6) is 0 Å². The average Bonchev–Trinajstić information content (AvgIpc) is 3.02. The van der Waals surface area contributed by atoms with E-state index >= 15 is 0 Å². The molecule has 5 heteroatoms. The molecule has 2 unspecified atom stereocenters. The van der Waals surface area contributed by atoms with Crippen molar-refractivity contribution in [2.75, 3.05) is 19.8 Å². The highest BCUT2D eigenvalue weighted by atomic mass is 32.1. The third kappa shape index (κ3) is 3.65. The first-order chi connectivity index (χ1) is 10.3. The zero-order chi connectivity index (χ0) is 14.7. The van der Waals surface area contributed by atoms with Gasteiger partial charge in [-0.25, -0.2) is 0 Å². The van der Waals surface area contributed by atoms with E-state index in [4.69, 9.17) is 4.74 Å². The molecule has 1 saturated heterocycles. The van der Waals surface area contributed by atoms with Crippen molar-refractivity contribution in [1.29, 1.82) is 0 Å². The van der Waals surface area contributed by atoms with Crippen molar-refractivity contribution in [3.8, 4) is 0 Å². The van der Waals surface area contributed by atoms with E-state index in [1.807, 2.05) is 0 Å². The third-order valence-electron chi connectivity index (χ3n) is 4.26. The smallest absolute Gasteiger partial charge is 0.230 e. The maximum Gasteiger partial charge on any atom is 0.230 e. The minimum atomic E-state index is -0.0178. The normalized spacial score (nSPS) is 25.2. The van der Waals surface area contributed by atoms with Crippen molar-refractivity contribution in [3.05, 3.63) is 22.4 Å². The topological polar surface area (TPSA) is 41.6 Å². The lowest BCUT2D eigenvalue weighted by Crippen LogP contribution is -2.46. The lowest BCUT2D eigenvalue weighted by atomic mass is 10.0. The Morgan fingerprint density at radius 3 is 3.00 bits per heavy atom. The minimum absolute atomic E-state index is 0.0178. The van der Waals surface area contributed by atoms with Gasteiger partial charge in [-0.1, -0.05) is 6.92 Å². The van der Waals surface area contributed by atoms with Crippen LogP contribution in [-0.2, 0) is 16.1 Å². The van der Waals surface area contributed by atoms with Crippen LogP contribution in [-0.4, -0.2) is 42.6 Å². The molecule has 1 aromatic rings. The summed E-state index contributed by atoms with van der Waals surface area (Å²) in [4.78, 5) is 15.0. The number of rotatable bonds is 7. The first-order valence-corrected chi connectivity index (χ1v) is 8.86. The number of nitrogens with one attached hydrogen (secondary N) is 1. The summed E-state index contributed by atoms with van der Waals surface area (Å²) in [6.45, 7) is 5.07. The fraction of sp³-hybridized carbons (Fsp3) is 0.688. The van der Waals surface area contributed by atoms with Gasteiger partial charge in [0.2, 0.25) is 5.91 Å². The van der Waals surface area contributed by atoms with E-state index in [2.05, 4.69) is 34.0 Å². The highest BCUT2D eigenvalue weighted by Gasteiger charge is 2.41. The maximum absolute atomic E-state index is 12.9. The number of thiophene rings is 1. The van der Waals surface area contributed by atoms with Crippen LogP contribution < -0.4 is 5.32 Å². The summed E-state index contributed by atoms with van der Waals surface area (Å²) in [5, 5.41) is 7.68. The van der Waals surface area contributed by atoms with Gasteiger partial charge in [0.1, 0.15) is 0 Å². The molecule has 1 aliphatic carbocycles. The molecule has 4 nitrogen and oxygen atoms in total. The molecule has 0 bridgehead atoms. The van der Waals surface area contributed by atoms with Gasteiger partial charge in [0.05, 0.1) is 19.1 Å². The van der Waals surface area contributed by atoms with Crippen molar-refractivity contribution in [3.63, 3.8) is 0 Å². The van der Waals surface area contributed by atoms with Crippen LogP contribution in [0.4, 0.5) is 0 Å². The summed E-state index contributed by atoms with van der Waals surface area (Å²) in [6, 6.07) is 2.75. The van der Waals surface area contributed by atoms with Gasteiger partial charge in [-0.15, -0.1) is 0 Å². The molecule has 1 aromatic heterocycles. The molecule has 1 aliphatic heterocycles. The third-order valence-corrected chi connectivity index (χ3v) is 4.99. The Morgan fingerprint density at radius 1 is 1.48 bits per heavy atom. The highest BCUT2D eigenvalue weighted by Crippen LogP contribution is 2.31. The van der Waals surface area contributed by atoms with Gasteiger partial charge in [0.25, 0.3) is 0 Å². The number of carbonyl (C=O) groups is 1. The molecule has 2 atom stereocenters. The summed E-state index contributed by atoms with van der Waals surface area (Å²) >= 11 is 1.69. The van der Waals surface area contributed by atoms with Crippen molar-refractivity contribution < 1.29 is 9.53 Å². The van der Waals surface area contributed by atoms with Crippen molar-refractivity contribution >= 4 is 17.2 Å². The number of hydrogen-bond acceptors (Lipinski definition) is 4. The fourth-order valence-corrected chi connectivity index (χ4v) is 3.55. The molecule has 1 saturated carbocycles. The van der Waals surface area contributed by atoms with Gasteiger partial charge in [-0.05, 0) is 48.2 Å². The Hall–Kier alpha value is -0.910. The van der Waals surface area contributed by atoms with Crippen molar-refractivity contribution in [2.45, 2.75) is 44.8 Å². The van der Waals surface area contributed by atoms with E-state index in [1.54, 1.807) is 11.3 Å². The summed E-state index contributed by atoms with van der Waals surface area (Å²) in [5.41, 5.74) is 1.25. The van der Waals surface area contributed by atoms with Gasteiger partial charge >= 0.3 is 0 Å². The first-order valence-electron chi connectivity index (χ1n) is 7.92. The van der Waals surface area contributed by atoms with Gasteiger partial charge in [0, 0.05) is 18.6 Å². The molecule has 3 rings (SSSR count). The number of nitrogens with zero attached hydrogens (tertiary/aromatic N) is 1. The van der Waals surface area contributed by atoms with Crippen LogP contribution >= 0.6 is 11.3 Å². The maximum atomic E-state index is 12.9. The predicted molar refractivity (Wildman–Crippen MR) is 84.3 cm³/mol. The summed E-state index contributed by atoms with van der Waals surface area (Å²) < 4.78 is 5.57. The first kappa shape index (κ1) is 15.0. The van der Waals surface area contributed by atoms with E-state index in [-0.39, 0.29) is 17.9 Å². The second kappa shape index (κ2) is 6.90. The number of carbonyl (C=O) groups excluding carboxylic acids is 1. The molecule has 116 valence electrons. The van der Waals surface area contributed by atoms with Crippen LogP contribution in [0.3, 0.4) is 0 Å². The monoisotopic (exact) mass is 308 g/mol. The average molecular weight is 308 g/mol. The molecule has 1 N–H and O–H groups in total. The van der Waals surface area contributed by atoms with E-state index < -0.39 is 0 Å². The van der Waals surface area contributed by atoms with E-state index in [0.29, 0.717) is 19.3 Å². The van der Waals surface area contributed by atoms with Crippen molar-refractivity contribution in [2.24, 2.45) is 5.92 Å². The highest BCUT2D eigenvalue weighted by molar-refractivity contribution is 7.07. The molecular weight excluding hydrogens is 284 g/mol. The van der Waals surface area contributed by atoms with E-state index in [0.717, 1.165) is 32.4 Å². The molecule has 1 amide bonds. The molecule has 21 heavy (non-hydrogen) atoms. The summed E-state index contributed by atoms with van der Waals surface area (Å²) in [7, 11) is 0. The number of ether oxygens (including phenoxy) is 1. The Kier molecular flexibility index (Phi) is 4.93. The molecule has 0 aromatic carbocycles. The van der Waals surface area contributed by atoms with Gasteiger partial charge in [-0.3, -0.25) is 4.79 Å². The van der Waals surface area contributed by atoms with Gasteiger partial charge in [0.15, 0.2) is 0 Å². The standard InChI is InChI=1S/C16H24N2O2S/c1-2-6-17-15-10-20-9-14(15)16(19)18(13-3-4-13)8-12-5-7-21-11-12/h5,7,11,13-15,17H,2-4,6,8-10H2,1H3. The SMILES string of the molecule is CCCNC1COCC1C(=O)N(Cc1ccsc1)C1CC1.